The van der Waals surface area contributed by atoms with Crippen LogP contribution in [0.2, 0.25) is 0 Å². The summed E-state index contributed by atoms with van der Waals surface area (Å²) in [5, 5.41) is 8.93. The molecule has 0 heterocycles. The van der Waals surface area contributed by atoms with Crippen molar-refractivity contribution in [3.8, 4) is 5.75 Å². The van der Waals surface area contributed by atoms with Crippen molar-refractivity contribution in [3.05, 3.63) is 59.7 Å². The van der Waals surface area contributed by atoms with Crippen LogP contribution in [0.25, 0.3) is 0 Å². The molecule has 1 saturated carbocycles. The number of rotatable bonds is 7. The molecule has 2 aromatic rings. The lowest BCUT2D eigenvalue weighted by molar-refractivity contribution is 0.0926. The summed E-state index contributed by atoms with van der Waals surface area (Å²) in [5.41, 5.74) is 1.77. The van der Waals surface area contributed by atoms with Crippen LogP contribution in [0.1, 0.15) is 66.2 Å². The Balaban J connectivity index is 1.51. The number of carbonyl (C=O) groups is 2. The number of hydrogen-bond donors (Lipinski definition) is 3. The molecular weight excluding hydrogens is 410 g/mol. The molecule has 0 aromatic heterocycles. The lowest BCUT2D eigenvalue weighted by Gasteiger charge is -2.22. The zero-order chi connectivity index (χ0) is 22.1. The van der Waals surface area contributed by atoms with Gasteiger partial charge in [-0.25, -0.2) is 0 Å². The first kappa shape index (κ1) is 22.7. The zero-order valence-corrected chi connectivity index (χ0v) is 18.6. The summed E-state index contributed by atoms with van der Waals surface area (Å²) >= 11 is 5.25. The van der Waals surface area contributed by atoms with Crippen LogP contribution in [0.5, 0.6) is 5.75 Å². The molecule has 0 unspecified atom stereocenters. The number of hydrogen-bond acceptors (Lipinski definition) is 4. The van der Waals surface area contributed by atoms with Gasteiger partial charge in [0.05, 0.1) is 6.61 Å². The van der Waals surface area contributed by atoms with Crippen LogP contribution in [0.4, 0.5) is 5.69 Å². The van der Waals surface area contributed by atoms with E-state index in [0.717, 1.165) is 19.3 Å². The summed E-state index contributed by atoms with van der Waals surface area (Å²) in [6.07, 6.45) is 6.59. The molecule has 1 aliphatic carbocycles. The first-order chi connectivity index (χ1) is 15.0. The van der Waals surface area contributed by atoms with Crippen molar-refractivity contribution >= 4 is 34.8 Å². The number of amides is 2. The molecule has 0 aliphatic heterocycles. The highest BCUT2D eigenvalue weighted by Gasteiger charge is 2.16. The van der Waals surface area contributed by atoms with Crippen LogP contribution in [-0.4, -0.2) is 29.6 Å². The van der Waals surface area contributed by atoms with Gasteiger partial charge in [0.15, 0.2) is 5.11 Å². The number of nitrogens with one attached hydrogen (secondary N) is 3. The van der Waals surface area contributed by atoms with Gasteiger partial charge in [-0.1, -0.05) is 32.3 Å². The second kappa shape index (κ2) is 11.5. The van der Waals surface area contributed by atoms with Crippen LogP contribution in [0.3, 0.4) is 0 Å². The van der Waals surface area contributed by atoms with Crippen molar-refractivity contribution in [2.45, 2.75) is 51.5 Å². The molecule has 6 nitrogen and oxygen atoms in total. The molecule has 1 fully saturated rings. The van der Waals surface area contributed by atoms with E-state index in [1.54, 1.807) is 42.5 Å². The molecule has 164 valence electrons. The molecule has 2 aromatic carbocycles. The summed E-state index contributed by atoms with van der Waals surface area (Å²) in [6, 6.07) is 14.3. The van der Waals surface area contributed by atoms with E-state index in [9.17, 15) is 9.59 Å². The van der Waals surface area contributed by atoms with E-state index in [1.165, 1.54) is 19.3 Å². The monoisotopic (exact) mass is 439 g/mol. The van der Waals surface area contributed by atoms with Gasteiger partial charge in [-0.15, -0.1) is 0 Å². The van der Waals surface area contributed by atoms with Crippen LogP contribution in [0.15, 0.2) is 48.5 Å². The minimum Gasteiger partial charge on any atom is -0.494 e. The van der Waals surface area contributed by atoms with Crippen molar-refractivity contribution in [3.63, 3.8) is 0 Å². The Hall–Kier alpha value is -2.93. The van der Waals surface area contributed by atoms with Crippen molar-refractivity contribution in [1.82, 2.24) is 10.6 Å². The Morgan fingerprint density at radius 1 is 1.00 bits per heavy atom. The second-order valence-corrected chi connectivity index (χ2v) is 8.08. The van der Waals surface area contributed by atoms with Gasteiger partial charge < -0.3 is 15.4 Å². The lowest BCUT2D eigenvalue weighted by Crippen LogP contribution is -2.36. The Labute approximate surface area is 188 Å². The Morgan fingerprint density at radius 3 is 2.45 bits per heavy atom. The molecule has 31 heavy (non-hydrogen) atoms. The summed E-state index contributed by atoms with van der Waals surface area (Å²) in [4.78, 5) is 24.9. The van der Waals surface area contributed by atoms with Gasteiger partial charge in [0.2, 0.25) is 0 Å². The summed E-state index contributed by atoms with van der Waals surface area (Å²) < 4.78 is 5.56. The maximum Gasteiger partial charge on any atom is 0.257 e. The Morgan fingerprint density at radius 2 is 1.74 bits per heavy atom. The topological polar surface area (TPSA) is 79.5 Å². The van der Waals surface area contributed by atoms with E-state index in [2.05, 4.69) is 16.0 Å². The molecule has 0 spiro atoms. The van der Waals surface area contributed by atoms with Crippen molar-refractivity contribution in [1.29, 1.82) is 0 Å². The first-order valence-corrected chi connectivity index (χ1v) is 11.2. The third-order valence-electron chi connectivity index (χ3n) is 5.14. The van der Waals surface area contributed by atoms with Crippen molar-refractivity contribution in [2.75, 3.05) is 11.9 Å². The number of benzene rings is 2. The fraction of sp³-hybridized carbons (Fsp3) is 0.375. The maximum atomic E-state index is 12.5. The van der Waals surface area contributed by atoms with Gasteiger partial charge in [-0.05, 0) is 73.9 Å². The summed E-state index contributed by atoms with van der Waals surface area (Å²) in [7, 11) is 0. The molecule has 0 bridgehead atoms. The fourth-order valence-corrected chi connectivity index (χ4v) is 3.72. The normalized spacial score (nSPS) is 13.8. The highest BCUT2D eigenvalue weighted by Crippen LogP contribution is 2.18. The van der Waals surface area contributed by atoms with Crippen LogP contribution in [0, 0.1) is 0 Å². The highest BCUT2D eigenvalue weighted by atomic mass is 32.1. The standard InChI is InChI=1S/C24H29N3O3S/c1-2-15-30-21-10-6-7-18(16-21)23(29)27-24(31)26-20-13-11-17(12-14-20)22(28)25-19-8-4-3-5-9-19/h6-7,10-14,16,19H,2-5,8-9,15H2,1H3,(H,25,28)(H2,26,27,29,31). The first-order valence-electron chi connectivity index (χ1n) is 10.8. The molecule has 0 radical (unpaired) electrons. The number of ether oxygens (including phenoxy) is 1. The maximum absolute atomic E-state index is 12.5. The SMILES string of the molecule is CCCOc1cccc(C(=O)NC(=S)Nc2ccc(C(=O)NC3CCCCC3)cc2)c1. The average Bonchev–Trinajstić information content (AvgIpc) is 2.79. The van der Waals surface area contributed by atoms with Crippen LogP contribution >= 0.6 is 12.2 Å². The van der Waals surface area contributed by atoms with E-state index in [-0.39, 0.29) is 23.0 Å². The Kier molecular flexibility index (Phi) is 8.41. The van der Waals surface area contributed by atoms with Crippen molar-refractivity contribution in [2.24, 2.45) is 0 Å². The predicted octanol–water partition coefficient (Wildman–Crippen LogP) is 4.66. The molecule has 0 atom stereocenters. The molecule has 0 saturated heterocycles. The van der Waals surface area contributed by atoms with Gasteiger partial charge in [-0.2, -0.15) is 0 Å². The molecular formula is C24H29N3O3S. The quantitative estimate of drug-likeness (QED) is 0.547. The van der Waals surface area contributed by atoms with E-state index in [1.807, 2.05) is 13.0 Å². The molecule has 3 N–H and O–H groups in total. The molecule has 2 amide bonds. The summed E-state index contributed by atoms with van der Waals surface area (Å²) in [5.74, 6) is 0.276. The van der Waals surface area contributed by atoms with Crippen molar-refractivity contribution < 1.29 is 14.3 Å². The van der Waals surface area contributed by atoms with Crippen LogP contribution in [-0.2, 0) is 0 Å². The van der Waals surface area contributed by atoms with Crippen LogP contribution < -0.4 is 20.7 Å². The zero-order valence-electron chi connectivity index (χ0n) is 17.8. The number of thiocarbonyl (C=S) groups is 1. The third kappa shape index (κ3) is 7.07. The molecule has 1 aliphatic rings. The third-order valence-corrected chi connectivity index (χ3v) is 5.35. The minimum atomic E-state index is -0.317. The molecule has 3 rings (SSSR count). The van der Waals surface area contributed by atoms with Gasteiger partial charge >= 0.3 is 0 Å². The second-order valence-electron chi connectivity index (χ2n) is 7.67. The minimum absolute atomic E-state index is 0.0560. The van der Waals surface area contributed by atoms with Gasteiger partial charge in [0, 0.05) is 22.9 Å². The number of carbonyl (C=O) groups excluding carboxylic acids is 2. The Bertz CT molecular complexity index is 909. The van der Waals surface area contributed by atoms with E-state index in [0.29, 0.717) is 29.2 Å². The van der Waals surface area contributed by atoms with Gasteiger partial charge in [0.1, 0.15) is 5.75 Å². The van der Waals surface area contributed by atoms with Gasteiger partial charge in [-0.3, -0.25) is 14.9 Å². The average molecular weight is 440 g/mol. The van der Waals surface area contributed by atoms with E-state index >= 15 is 0 Å². The summed E-state index contributed by atoms with van der Waals surface area (Å²) in [6.45, 7) is 2.62. The van der Waals surface area contributed by atoms with Gasteiger partial charge in [0.25, 0.3) is 11.8 Å². The van der Waals surface area contributed by atoms with E-state index < -0.39 is 0 Å². The molecule has 7 heteroatoms. The fourth-order valence-electron chi connectivity index (χ4n) is 3.51. The number of anilines is 1. The smallest absolute Gasteiger partial charge is 0.257 e. The largest absolute Gasteiger partial charge is 0.494 e. The predicted molar refractivity (Wildman–Crippen MR) is 127 cm³/mol. The lowest BCUT2D eigenvalue weighted by atomic mass is 9.95. The highest BCUT2D eigenvalue weighted by molar-refractivity contribution is 7.80. The van der Waals surface area contributed by atoms with E-state index in [4.69, 9.17) is 17.0 Å².